The van der Waals surface area contributed by atoms with E-state index in [1.165, 1.54) is 36.8 Å². The molecule has 0 amide bonds. The first-order valence-electron chi connectivity index (χ1n) is 15.9. The van der Waals surface area contributed by atoms with Crippen LogP contribution in [-0.2, 0) is 14.3 Å². The lowest BCUT2D eigenvalue weighted by Gasteiger charge is -2.67. The normalized spacial score (nSPS) is 42.3. The van der Waals surface area contributed by atoms with Crippen LogP contribution in [-0.4, -0.2) is 36.5 Å². The molecule has 4 rings (SSSR count). The topological polar surface area (TPSA) is 55.8 Å². The van der Waals surface area contributed by atoms with E-state index in [9.17, 15) is 9.90 Å². The van der Waals surface area contributed by atoms with Gasteiger partial charge in [-0.3, -0.25) is 4.79 Å². The van der Waals surface area contributed by atoms with Crippen LogP contribution in [0.3, 0.4) is 0 Å². The Morgan fingerprint density at radius 1 is 1.08 bits per heavy atom. The Balaban J connectivity index is 1.65. The van der Waals surface area contributed by atoms with Crippen LogP contribution in [0.5, 0.6) is 0 Å². The molecule has 4 aliphatic rings. The van der Waals surface area contributed by atoms with Gasteiger partial charge in [0.2, 0.25) is 0 Å². The molecule has 0 aromatic rings. The zero-order valence-corrected chi connectivity index (χ0v) is 26.7. The summed E-state index contributed by atoms with van der Waals surface area (Å²) in [5, 5.41) is 10.9. The van der Waals surface area contributed by atoms with Crippen LogP contribution in [0.15, 0.2) is 23.3 Å². The molecule has 3 fully saturated rings. The summed E-state index contributed by atoms with van der Waals surface area (Å²) >= 11 is 0. The summed E-state index contributed by atoms with van der Waals surface area (Å²) in [4.78, 5) is 12.4. The molecule has 39 heavy (non-hydrogen) atoms. The molecule has 0 aromatic heterocycles. The maximum atomic E-state index is 12.4. The maximum absolute atomic E-state index is 12.4. The van der Waals surface area contributed by atoms with Gasteiger partial charge in [-0.05, 0) is 105 Å². The molecule has 0 aliphatic heterocycles. The minimum Gasteiger partial charge on any atom is -0.458 e. The number of esters is 1. The molecule has 0 spiro atoms. The molecule has 0 bridgehead atoms. The van der Waals surface area contributed by atoms with Crippen LogP contribution in [0.1, 0.15) is 120 Å². The number of hydrogen-bond acceptors (Lipinski definition) is 4. The second-order valence-corrected chi connectivity index (χ2v) is 15.4. The predicted octanol–water partition coefficient (Wildman–Crippen LogP) is 8.28. The molecule has 0 aromatic carbocycles. The summed E-state index contributed by atoms with van der Waals surface area (Å²) in [5.74, 6) is 1.97. The Bertz CT molecular complexity index is 975. The lowest BCUT2D eigenvalue weighted by molar-refractivity contribution is -0.183. The molecule has 3 saturated carbocycles. The van der Waals surface area contributed by atoms with E-state index in [0.717, 1.165) is 25.7 Å². The molecule has 0 unspecified atom stereocenters. The van der Waals surface area contributed by atoms with Gasteiger partial charge in [-0.25, -0.2) is 0 Å². The molecule has 10 atom stereocenters. The van der Waals surface area contributed by atoms with Crippen LogP contribution in [0, 0.1) is 45.3 Å². The smallest absolute Gasteiger partial charge is 0.306 e. The van der Waals surface area contributed by atoms with Crippen molar-refractivity contribution in [1.29, 1.82) is 0 Å². The molecule has 4 nitrogen and oxygen atoms in total. The fraction of sp³-hybridized carbons (Fsp3) is 0.857. The highest BCUT2D eigenvalue weighted by molar-refractivity contribution is 5.69. The molecule has 1 N–H and O–H groups in total. The lowest BCUT2D eigenvalue weighted by Crippen LogP contribution is -2.63. The van der Waals surface area contributed by atoms with E-state index in [1.54, 1.807) is 0 Å². The summed E-state index contributed by atoms with van der Waals surface area (Å²) in [7, 11) is 1.90. The van der Waals surface area contributed by atoms with Crippen molar-refractivity contribution in [3.63, 3.8) is 0 Å². The van der Waals surface area contributed by atoms with Crippen LogP contribution in [0.4, 0.5) is 0 Å². The average molecular weight is 543 g/mol. The molecule has 222 valence electrons. The number of carbonyl (C=O) groups excluding carboxylic acids is 1. The van der Waals surface area contributed by atoms with E-state index in [1.807, 2.05) is 14.0 Å². The van der Waals surface area contributed by atoms with Gasteiger partial charge in [-0.1, -0.05) is 65.7 Å². The Kier molecular flexibility index (Phi) is 8.64. The highest BCUT2D eigenvalue weighted by atomic mass is 16.5. The summed E-state index contributed by atoms with van der Waals surface area (Å²) in [6.45, 7) is 20.9. The highest BCUT2D eigenvalue weighted by Crippen LogP contribution is 2.75. The molecule has 4 heteroatoms. The van der Waals surface area contributed by atoms with Crippen molar-refractivity contribution in [2.45, 2.75) is 138 Å². The fourth-order valence-electron chi connectivity index (χ4n) is 10.4. The number of rotatable bonds is 8. The van der Waals surface area contributed by atoms with Gasteiger partial charge in [0.05, 0.1) is 12.2 Å². The molecular formula is C35H58O4. The van der Waals surface area contributed by atoms with Gasteiger partial charge in [0.15, 0.2) is 0 Å². The first-order chi connectivity index (χ1) is 18.2. The van der Waals surface area contributed by atoms with Crippen LogP contribution in [0.25, 0.3) is 0 Å². The monoisotopic (exact) mass is 542 g/mol. The number of ether oxygens (including phenoxy) is 2. The minimum atomic E-state index is -0.279. The second kappa shape index (κ2) is 10.9. The third-order valence-corrected chi connectivity index (χ3v) is 12.6. The number of aliphatic hydroxyl groups excluding tert-OH is 1. The van der Waals surface area contributed by atoms with E-state index in [2.05, 4.69) is 67.5 Å². The van der Waals surface area contributed by atoms with Crippen molar-refractivity contribution in [3.05, 3.63) is 23.3 Å². The minimum absolute atomic E-state index is 0.0728. The van der Waals surface area contributed by atoms with E-state index >= 15 is 0 Å². The largest absolute Gasteiger partial charge is 0.458 e. The van der Waals surface area contributed by atoms with E-state index in [-0.39, 0.29) is 45.9 Å². The molecule has 0 radical (unpaired) electrons. The van der Waals surface area contributed by atoms with Crippen molar-refractivity contribution in [2.75, 3.05) is 7.11 Å². The Morgan fingerprint density at radius 2 is 1.77 bits per heavy atom. The summed E-state index contributed by atoms with van der Waals surface area (Å²) in [6, 6.07) is 0. The summed E-state index contributed by atoms with van der Waals surface area (Å²) in [6.07, 6.45) is 13.4. The Labute approximate surface area is 239 Å². The van der Waals surface area contributed by atoms with Crippen molar-refractivity contribution < 1.29 is 19.4 Å². The molecular weight excluding hydrogens is 484 g/mol. The van der Waals surface area contributed by atoms with Crippen molar-refractivity contribution in [3.8, 4) is 0 Å². The van der Waals surface area contributed by atoms with Crippen molar-refractivity contribution in [2.24, 2.45) is 45.3 Å². The van der Waals surface area contributed by atoms with Gasteiger partial charge in [-0.15, -0.1) is 0 Å². The molecule has 4 aliphatic carbocycles. The lowest BCUT2D eigenvalue weighted by atomic mass is 9.38. The number of allylic oxidation sites excluding steroid dienone is 1. The Hall–Kier alpha value is -1.13. The van der Waals surface area contributed by atoms with Crippen molar-refractivity contribution >= 4 is 5.97 Å². The first-order valence-corrected chi connectivity index (χ1v) is 15.9. The quantitative estimate of drug-likeness (QED) is 0.248. The van der Waals surface area contributed by atoms with Crippen LogP contribution < -0.4 is 0 Å². The predicted molar refractivity (Wildman–Crippen MR) is 159 cm³/mol. The van der Waals surface area contributed by atoms with E-state index < -0.39 is 0 Å². The van der Waals surface area contributed by atoms with E-state index in [0.29, 0.717) is 30.1 Å². The van der Waals surface area contributed by atoms with Crippen LogP contribution >= 0.6 is 0 Å². The third-order valence-electron chi connectivity index (χ3n) is 12.6. The standard InChI is InChI=1S/C35H58O4/c1-11-12-30(37)39-24(19-22(2)3)20-23(4)25-15-16-35(9)31-28(38-10)21-27-26(13-14-29(36)32(27,5)6)33(31,7)17-18-34(25,35)8/h19,21,23-26,28-29,31,36H,11-18,20H2,1-10H3/t23-,24+,25-,26-,28+,29+,31-,33+,34-,35+/m1/s1. The summed E-state index contributed by atoms with van der Waals surface area (Å²) in [5.41, 5.74) is 3.02. The first kappa shape index (κ1) is 30.8. The Morgan fingerprint density at radius 3 is 2.38 bits per heavy atom. The zero-order valence-electron chi connectivity index (χ0n) is 26.7. The number of aliphatic hydroxyl groups is 1. The summed E-state index contributed by atoms with van der Waals surface area (Å²) < 4.78 is 12.4. The zero-order chi connectivity index (χ0) is 29.0. The van der Waals surface area contributed by atoms with Crippen molar-refractivity contribution in [1.82, 2.24) is 0 Å². The molecule has 0 saturated heterocycles. The third kappa shape index (κ3) is 4.98. The highest BCUT2D eigenvalue weighted by Gasteiger charge is 2.69. The van der Waals surface area contributed by atoms with Crippen LogP contribution in [0.2, 0.25) is 0 Å². The number of methoxy groups -OCH3 is 1. The van der Waals surface area contributed by atoms with Gasteiger partial charge in [0.25, 0.3) is 0 Å². The number of hydrogen-bond donors (Lipinski definition) is 1. The van der Waals surface area contributed by atoms with Gasteiger partial charge < -0.3 is 14.6 Å². The van der Waals surface area contributed by atoms with Gasteiger partial charge in [0, 0.05) is 24.9 Å². The van der Waals surface area contributed by atoms with E-state index in [4.69, 9.17) is 9.47 Å². The van der Waals surface area contributed by atoms with Gasteiger partial charge >= 0.3 is 5.97 Å². The van der Waals surface area contributed by atoms with Gasteiger partial charge in [-0.2, -0.15) is 0 Å². The number of fused-ring (bicyclic) bond motifs is 5. The molecule has 0 heterocycles. The second-order valence-electron chi connectivity index (χ2n) is 15.4. The average Bonchev–Trinajstić information content (AvgIpc) is 3.11. The number of carbonyl (C=O) groups is 1. The van der Waals surface area contributed by atoms with Gasteiger partial charge in [0.1, 0.15) is 6.10 Å². The SMILES string of the molecule is CCCC(=O)O[C@@H](C=C(C)C)C[C@@H](C)[C@H]1CC[C@@]2(C)[C@@H]3[C@@H](OC)C=C4[C@@H](CC[C@H](O)C4(C)C)[C@]3(C)CC[C@]12C. The maximum Gasteiger partial charge on any atom is 0.306 e. The fourth-order valence-corrected chi connectivity index (χ4v) is 10.4.